The van der Waals surface area contributed by atoms with Crippen molar-refractivity contribution in [2.75, 3.05) is 5.75 Å². The molecule has 0 bridgehead atoms. The van der Waals surface area contributed by atoms with Crippen LogP contribution in [-0.4, -0.2) is 15.5 Å². The molecule has 0 aromatic rings. The lowest BCUT2D eigenvalue weighted by molar-refractivity contribution is 0.503. The van der Waals surface area contributed by atoms with Crippen LogP contribution in [0.5, 0.6) is 0 Å². The molecule has 0 aromatic carbocycles. The van der Waals surface area contributed by atoms with Gasteiger partial charge in [0.1, 0.15) is 0 Å². The first-order valence-corrected chi connectivity index (χ1v) is 7.29. The number of halogens is 1. The Morgan fingerprint density at radius 3 is 2.14 bits per heavy atom. The van der Waals surface area contributed by atoms with Gasteiger partial charge in [0, 0.05) is 15.5 Å². The highest BCUT2D eigenvalue weighted by Gasteiger charge is 1.95. The molecule has 2 N–H and O–H groups in total. The summed E-state index contributed by atoms with van der Waals surface area (Å²) in [7, 11) is 0.695. The lowest BCUT2D eigenvalue weighted by Crippen LogP contribution is -1.70. The van der Waals surface area contributed by atoms with Crippen LogP contribution >= 0.6 is 20.7 Å². The van der Waals surface area contributed by atoms with Gasteiger partial charge in [0.05, 0.1) is 0 Å². The summed E-state index contributed by atoms with van der Waals surface area (Å²) < 4.78 is 0. The molecule has 5 heteroatoms. The highest BCUT2D eigenvalue weighted by molar-refractivity contribution is 9.43. The Kier molecular flexibility index (Phi) is 3.80. The average Bonchev–Trinajstić information content (AvgIpc) is 1.30. The molecule has 0 heterocycles. The lowest BCUT2D eigenvalue weighted by atomic mass is 11.0. The molecule has 0 aromatic heterocycles. The van der Waals surface area contributed by atoms with E-state index in [-0.39, 0.29) is 0 Å². The van der Waals surface area contributed by atoms with E-state index in [0.717, 1.165) is 5.75 Å². The fourth-order valence-electron chi connectivity index (χ4n) is 0.180. The molecule has 0 saturated heterocycles. The maximum absolute atomic E-state index is 8.59. The maximum atomic E-state index is 8.59. The van der Waals surface area contributed by atoms with Crippen molar-refractivity contribution in [3.63, 3.8) is 0 Å². The van der Waals surface area contributed by atoms with Crippen molar-refractivity contribution in [1.29, 1.82) is 0 Å². The summed E-state index contributed by atoms with van der Waals surface area (Å²) in [6.07, 6.45) is 0. The van der Waals surface area contributed by atoms with E-state index in [2.05, 4.69) is 15.5 Å². The topological polar surface area (TPSA) is 40.5 Å². The van der Waals surface area contributed by atoms with Gasteiger partial charge >= 0.3 is 0 Å². The van der Waals surface area contributed by atoms with Crippen LogP contribution in [0, 0.1) is 0 Å². The van der Waals surface area contributed by atoms with Gasteiger partial charge < -0.3 is 9.79 Å². The zero-order valence-corrected chi connectivity index (χ0v) is 7.25. The fraction of sp³-hybridized carbons (Fsp3) is 1.00. The molecule has 7 heavy (non-hydrogen) atoms. The molecule has 0 rings (SSSR count). The van der Waals surface area contributed by atoms with Gasteiger partial charge in [0.2, 0.25) is 5.19 Å². The van der Waals surface area contributed by atoms with Gasteiger partial charge in [-0.15, -0.1) is 10.9 Å². The first-order valence-electron chi connectivity index (χ1n) is 1.79. The Morgan fingerprint density at radius 1 is 1.71 bits per heavy atom. The second-order valence-electron chi connectivity index (χ2n) is 0.953. The van der Waals surface area contributed by atoms with Crippen LogP contribution in [0.25, 0.3) is 0 Å². The molecule has 0 aliphatic heterocycles. The Labute approximate surface area is 54.4 Å². The van der Waals surface area contributed by atoms with Crippen LogP contribution in [0.15, 0.2) is 0 Å². The van der Waals surface area contributed by atoms with Crippen LogP contribution in [-0.2, 0) is 10.9 Å². The van der Waals surface area contributed by atoms with Crippen LogP contribution in [0.2, 0.25) is 0 Å². The third kappa shape index (κ3) is 7.18. The summed E-state index contributed by atoms with van der Waals surface area (Å²) in [5.74, 6) is 0.784. The third-order valence-corrected chi connectivity index (χ3v) is 4.91. The van der Waals surface area contributed by atoms with E-state index in [0.29, 0.717) is 10.9 Å². The minimum atomic E-state index is -2.63. The average molecular weight is 207 g/mol. The molecule has 0 aliphatic rings. The van der Waals surface area contributed by atoms with Crippen LogP contribution in [0.1, 0.15) is 6.92 Å². The van der Waals surface area contributed by atoms with E-state index in [1.807, 2.05) is 6.92 Å². The number of rotatable bonds is 1. The largest absolute Gasteiger partial charge is 0.341 e. The van der Waals surface area contributed by atoms with Crippen LogP contribution < -0.4 is 0 Å². The Hall–Kier alpha value is 1.18. The van der Waals surface area contributed by atoms with Gasteiger partial charge in [-0.05, 0) is 5.75 Å². The molecular weight excluding hydrogens is 199 g/mol. The predicted octanol–water partition coefficient (Wildman–Crippen LogP) is 0.878. The minimum absolute atomic E-state index is 0.695. The number of thiol groups is 1. The standard InChI is InChI=1S/C2H8BrO2PS/c1-2-7-6(3,4)5/h4-5,7H,2H2,1H3. The monoisotopic (exact) mass is 206 g/mol. The van der Waals surface area contributed by atoms with Gasteiger partial charge in [-0.2, -0.15) is 0 Å². The van der Waals surface area contributed by atoms with Crippen LogP contribution in [0.4, 0.5) is 0 Å². The molecular formula is C2H8BrO2PS. The Balaban J connectivity index is 3.73. The summed E-state index contributed by atoms with van der Waals surface area (Å²) >= 11 is 2.75. The number of hydrogen-bond donors (Lipinski definition) is 3. The summed E-state index contributed by atoms with van der Waals surface area (Å²) in [5.41, 5.74) is 0. The molecule has 0 aliphatic carbocycles. The lowest BCUT2D eigenvalue weighted by Gasteiger charge is -1.97. The van der Waals surface area contributed by atoms with E-state index in [1.165, 1.54) is 0 Å². The SMILES string of the molecule is CC[SH]=P(O)(O)Br. The Bertz CT molecular complexity index is 89.6. The van der Waals surface area contributed by atoms with Crippen molar-refractivity contribution >= 4 is 31.6 Å². The summed E-state index contributed by atoms with van der Waals surface area (Å²) in [4.78, 5) is 17.2. The molecule has 0 fully saturated rings. The fourth-order valence-corrected chi connectivity index (χ4v) is 3.64. The molecule has 2 nitrogen and oxygen atoms in total. The van der Waals surface area contributed by atoms with Crippen molar-refractivity contribution in [1.82, 2.24) is 0 Å². The zero-order chi connectivity index (χ0) is 5.91. The van der Waals surface area contributed by atoms with Gasteiger partial charge in [0.15, 0.2) is 0 Å². The zero-order valence-electron chi connectivity index (χ0n) is 3.87. The second kappa shape index (κ2) is 3.25. The molecule has 0 spiro atoms. The normalized spacial score (nSPS) is 12.0. The van der Waals surface area contributed by atoms with Gasteiger partial charge in [0.25, 0.3) is 0 Å². The minimum Gasteiger partial charge on any atom is -0.341 e. The van der Waals surface area contributed by atoms with E-state index >= 15 is 0 Å². The highest BCUT2D eigenvalue weighted by Crippen LogP contribution is 2.46. The summed E-state index contributed by atoms with van der Waals surface area (Å²) in [5, 5.41) is -2.63. The van der Waals surface area contributed by atoms with Crippen molar-refractivity contribution in [2.45, 2.75) is 6.92 Å². The first kappa shape index (κ1) is 8.18. The van der Waals surface area contributed by atoms with Crippen molar-refractivity contribution in [3.05, 3.63) is 0 Å². The summed E-state index contributed by atoms with van der Waals surface area (Å²) in [6, 6.07) is 0. The van der Waals surface area contributed by atoms with Crippen molar-refractivity contribution in [3.8, 4) is 0 Å². The predicted molar refractivity (Wildman–Crippen MR) is 39.6 cm³/mol. The van der Waals surface area contributed by atoms with Crippen molar-refractivity contribution in [2.24, 2.45) is 0 Å². The highest BCUT2D eigenvalue weighted by atomic mass is 79.9. The maximum Gasteiger partial charge on any atom is 0.207 e. The first-order chi connectivity index (χ1) is 3.06. The molecule has 0 radical (unpaired) electrons. The molecule has 0 atom stereocenters. The quantitative estimate of drug-likeness (QED) is 0.441. The van der Waals surface area contributed by atoms with Gasteiger partial charge in [-0.1, -0.05) is 6.92 Å². The van der Waals surface area contributed by atoms with Crippen LogP contribution in [0.3, 0.4) is 0 Å². The molecule has 46 valence electrons. The Morgan fingerprint density at radius 2 is 2.14 bits per heavy atom. The second-order valence-corrected chi connectivity index (χ2v) is 9.99. The number of hydrogen-bond acceptors (Lipinski definition) is 0. The van der Waals surface area contributed by atoms with Gasteiger partial charge in [-0.3, -0.25) is 0 Å². The molecule has 0 saturated carbocycles. The van der Waals surface area contributed by atoms with E-state index in [4.69, 9.17) is 9.79 Å². The third-order valence-electron chi connectivity index (χ3n) is 0.321. The molecule has 0 amide bonds. The van der Waals surface area contributed by atoms with E-state index in [9.17, 15) is 0 Å². The van der Waals surface area contributed by atoms with Gasteiger partial charge in [-0.25, -0.2) is 0 Å². The smallest absolute Gasteiger partial charge is 0.207 e. The van der Waals surface area contributed by atoms with E-state index in [1.54, 1.807) is 0 Å². The van der Waals surface area contributed by atoms with Crippen molar-refractivity contribution < 1.29 is 9.79 Å². The summed E-state index contributed by atoms with van der Waals surface area (Å²) in [6.45, 7) is 1.89. The molecule has 0 unspecified atom stereocenters. The van der Waals surface area contributed by atoms with E-state index < -0.39 is 5.19 Å².